The molecule has 0 saturated heterocycles. The molecule has 0 aliphatic carbocycles. The maximum atomic E-state index is 11.7. The number of nitrogens with zero attached hydrogens (tertiary/aromatic N) is 1. The van der Waals surface area contributed by atoms with Crippen molar-refractivity contribution in [2.45, 2.75) is 45.8 Å². The fraction of sp³-hybridized carbons (Fsp3) is 0.500. The Kier molecular flexibility index (Phi) is 5.54. The van der Waals surface area contributed by atoms with Crippen LogP contribution in [-0.4, -0.2) is 33.8 Å². The number of halogens is 1. The van der Waals surface area contributed by atoms with E-state index in [4.69, 9.17) is 16.3 Å². The van der Waals surface area contributed by atoms with Crippen LogP contribution in [0, 0.1) is 6.92 Å². The lowest BCUT2D eigenvalue weighted by Crippen LogP contribution is -2.44. The minimum atomic E-state index is -1.17. The summed E-state index contributed by atoms with van der Waals surface area (Å²) < 4.78 is 5.04. The molecule has 0 radical (unpaired) electrons. The van der Waals surface area contributed by atoms with E-state index in [2.05, 4.69) is 10.3 Å². The molecule has 0 aromatic carbocycles. The van der Waals surface area contributed by atoms with Crippen LogP contribution < -0.4 is 5.32 Å². The zero-order valence-corrected chi connectivity index (χ0v) is 13.2. The molecule has 0 saturated carbocycles. The van der Waals surface area contributed by atoms with Crippen LogP contribution in [0.1, 0.15) is 32.0 Å². The normalized spacial score (nSPS) is 12.6. The molecule has 1 aromatic rings. The molecule has 0 fully saturated rings. The highest BCUT2D eigenvalue weighted by Crippen LogP contribution is 2.16. The van der Waals surface area contributed by atoms with Crippen molar-refractivity contribution in [3.63, 3.8) is 0 Å². The van der Waals surface area contributed by atoms with Crippen molar-refractivity contribution in [1.82, 2.24) is 10.3 Å². The fourth-order valence-corrected chi connectivity index (χ4v) is 1.85. The molecule has 7 heteroatoms. The fourth-order valence-electron chi connectivity index (χ4n) is 1.58. The highest BCUT2D eigenvalue weighted by Gasteiger charge is 2.25. The number of ether oxygens (including phenoxy) is 1. The van der Waals surface area contributed by atoms with E-state index in [1.54, 1.807) is 39.8 Å². The Morgan fingerprint density at radius 3 is 2.52 bits per heavy atom. The summed E-state index contributed by atoms with van der Waals surface area (Å²) in [5.74, 6) is -1.17. The van der Waals surface area contributed by atoms with E-state index in [1.165, 1.54) is 0 Å². The Labute approximate surface area is 128 Å². The Bertz CT molecular complexity index is 540. The van der Waals surface area contributed by atoms with Crippen molar-refractivity contribution in [3.8, 4) is 0 Å². The highest BCUT2D eigenvalue weighted by atomic mass is 35.5. The molecule has 0 spiro atoms. The molecule has 6 nitrogen and oxygen atoms in total. The van der Waals surface area contributed by atoms with Crippen LogP contribution in [0.2, 0.25) is 5.15 Å². The van der Waals surface area contributed by atoms with Crippen molar-refractivity contribution in [2.75, 3.05) is 0 Å². The maximum Gasteiger partial charge on any atom is 0.408 e. The van der Waals surface area contributed by atoms with Gasteiger partial charge in [-0.15, -0.1) is 0 Å². The van der Waals surface area contributed by atoms with E-state index in [9.17, 15) is 14.7 Å². The standard InChI is InChI=1S/C14H19ClN2O4/c1-8-5-6-9(11(15)16-8)7-10(12(18)19)17-13(20)21-14(2,3)4/h5-6,10H,7H2,1-4H3,(H,17,20)(H,18,19). The second kappa shape index (κ2) is 6.76. The van der Waals surface area contributed by atoms with Crippen molar-refractivity contribution >= 4 is 23.7 Å². The number of nitrogens with one attached hydrogen (secondary N) is 1. The van der Waals surface area contributed by atoms with Gasteiger partial charge < -0.3 is 15.2 Å². The average Bonchev–Trinajstić information content (AvgIpc) is 2.28. The number of pyridine rings is 1. The lowest BCUT2D eigenvalue weighted by molar-refractivity contribution is -0.139. The molecular formula is C14H19ClN2O4. The lowest BCUT2D eigenvalue weighted by atomic mass is 10.1. The van der Waals surface area contributed by atoms with E-state index in [1.807, 2.05) is 0 Å². The van der Waals surface area contributed by atoms with Crippen molar-refractivity contribution in [3.05, 3.63) is 28.5 Å². The highest BCUT2D eigenvalue weighted by molar-refractivity contribution is 6.30. The van der Waals surface area contributed by atoms with Gasteiger partial charge in [0.15, 0.2) is 0 Å². The third kappa shape index (κ3) is 5.99. The number of aryl methyl sites for hydroxylation is 1. The predicted octanol–water partition coefficient (Wildman–Crippen LogP) is 2.56. The number of carboxylic acid groups (broad SMARTS) is 1. The van der Waals surface area contributed by atoms with Gasteiger partial charge in [0.05, 0.1) is 0 Å². The third-order valence-corrected chi connectivity index (χ3v) is 2.81. The minimum Gasteiger partial charge on any atom is -0.480 e. The van der Waals surface area contributed by atoms with Gasteiger partial charge in [0.1, 0.15) is 16.8 Å². The molecule has 0 aliphatic heterocycles. The van der Waals surface area contributed by atoms with Crippen LogP contribution in [0.3, 0.4) is 0 Å². The van der Waals surface area contributed by atoms with Gasteiger partial charge in [-0.1, -0.05) is 17.7 Å². The Morgan fingerprint density at radius 2 is 2.05 bits per heavy atom. The van der Waals surface area contributed by atoms with E-state index in [0.717, 1.165) is 5.69 Å². The van der Waals surface area contributed by atoms with Crippen molar-refractivity contribution in [1.29, 1.82) is 0 Å². The summed E-state index contributed by atoms with van der Waals surface area (Å²) in [7, 11) is 0. The maximum absolute atomic E-state index is 11.7. The zero-order valence-electron chi connectivity index (χ0n) is 12.4. The number of aliphatic carboxylic acids is 1. The molecule has 21 heavy (non-hydrogen) atoms. The van der Waals surface area contributed by atoms with E-state index >= 15 is 0 Å². The predicted molar refractivity (Wildman–Crippen MR) is 78.5 cm³/mol. The number of hydrogen-bond donors (Lipinski definition) is 2. The lowest BCUT2D eigenvalue weighted by Gasteiger charge is -2.22. The molecule has 1 aromatic heterocycles. The van der Waals surface area contributed by atoms with Crippen molar-refractivity contribution < 1.29 is 19.4 Å². The first-order valence-electron chi connectivity index (χ1n) is 6.43. The van der Waals surface area contributed by atoms with Gasteiger partial charge in [-0.3, -0.25) is 0 Å². The molecule has 116 valence electrons. The number of rotatable bonds is 4. The largest absolute Gasteiger partial charge is 0.480 e. The molecule has 0 aliphatic rings. The number of hydrogen-bond acceptors (Lipinski definition) is 4. The van der Waals surface area contributed by atoms with Gasteiger partial charge in [0.25, 0.3) is 0 Å². The molecule has 1 rings (SSSR count). The van der Waals surface area contributed by atoms with E-state index in [-0.39, 0.29) is 11.6 Å². The van der Waals surface area contributed by atoms with Crippen LogP contribution in [-0.2, 0) is 16.0 Å². The smallest absolute Gasteiger partial charge is 0.408 e. The van der Waals surface area contributed by atoms with Gasteiger partial charge in [-0.05, 0) is 39.3 Å². The quantitative estimate of drug-likeness (QED) is 0.834. The summed E-state index contributed by atoms with van der Waals surface area (Å²) in [6, 6.07) is 2.28. The molecule has 0 bridgehead atoms. The van der Waals surface area contributed by atoms with Gasteiger partial charge in [-0.25, -0.2) is 14.6 Å². The summed E-state index contributed by atoms with van der Waals surface area (Å²) >= 11 is 5.97. The zero-order chi connectivity index (χ0) is 16.2. The Hall–Kier alpha value is -1.82. The van der Waals surface area contributed by atoms with E-state index in [0.29, 0.717) is 5.56 Å². The average molecular weight is 315 g/mol. The first kappa shape index (κ1) is 17.2. The summed E-state index contributed by atoms with van der Waals surface area (Å²) in [5.41, 5.74) is 0.581. The number of aromatic nitrogens is 1. The summed E-state index contributed by atoms with van der Waals surface area (Å²) in [6.45, 7) is 6.87. The van der Waals surface area contributed by atoms with Gasteiger partial charge >= 0.3 is 12.1 Å². The van der Waals surface area contributed by atoms with Gasteiger partial charge in [0, 0.05) is 12.1 Å². The molecule has 1 amide bonds. The number of carbonyl (C=O) groups is 2. The van der Waals surface area contributed by atoms with Gasteiger partial charge in [-0.2, -0.15) is 0 Å². The molecule has 1 atom stereocenters. The summed E-state index contributed by atoms with van der Waals surface area (Å²) in [4.78, 5) is 27.0. The number of amides is 1. The second-order valence-electron chi connectivity index (χ2n) is 5.64. The monoisotopic (exact) mass is 314 g/mol. The molecule has 1 unspecified atom stereocenters. The minimum absolute atomic E-state index is 0.0285. The molecule has 2 N–H and O–H groups in total. The number of alkyl carbamates (subject to hydrolysis) is 1. The van der Waals surface area contributed by atoms with E-state index < -0.39 is 23.7 Å². The first-order chi connectivity index (χ1) is 9.58. The number of carboxylic acids is 1. The SMILES string of the molecule is Cc1ccc(CC(NC(=O)OC(C)(C)C)C(=O)O)c(Cl)n1. The first-order valence-corrected chi connectivity index (χ1v) is 6.80. The molecule has 1 heterocycles. The number of carbonyl (C=O) groups excluding carboxylic acids is 1. The van der Waals surface area contributed by atoms with Crippen LogP contribution >= 0.6 is 11.6 Å². The molecular weight excluding hydrogens is 296 g/mol. The summed E-state index contributed by atoms with van der Waals surface area (Å²) in [6.07, 6.45) is -0.758. The third-order valence-electron chi connectivity index (χ3n) is 2.48. The Morgan fingerprint density at radius 1 is 1.43 bits per heavy atom. The van der Waals surface area contributed by atoms with Crippen molar-refractivity contribution in [2.24, 2.45) is 0 Å². The Balaban J connectivity index is 2.79. The summed E-state index contributed by atoms with van der Waals surface area (Å²) in [5, 5.41) is 11.7. The topological polar surface area (TPSA) is 88.5 Å². The van der Waals surface area contributed by atoms with Crippen LogP contribution in [0.4, 0.5) is 4.79 Å². The second-order valence-corrected chi connectivity index (χ2v) is 6.00. The van der Waals surface area contributed by atoms with Crippen LogP contribution in [0.15, 0.2) is 12.1 Å². The van der Waals surface area contributed by atoms with Gasteiger partial charge in [0.2, 0.25) is 0 Å². The van der Waals surface area contributed by atoms with Crippen LogP contribution in [0.5, 0.6) is 0 Å². The van der Waals surface area contributed by atoms with Crippen LogP contribution in [0.25, 0.3) is 0 Å².